The Bertz CT molecular complexity index is 542. The van der Waals surface area contributed by atoms with E-state index in [1.807, 2.05) is 0 Å². The molecule has 0 atom stereocenters. The van der Waals surface area contributed by atoms with Crippen LogP contribution in [0.1, 0.15) is 11.1 Å². The quantitative estimate of drug-likeness (QED) is 0.799. The third-order valence-electron chi connectivity index (χ3n) is 2.33. The summed E-state index contributed by atoms with van der Waals surface area (Å²) in [6.45, 7) is 1.81. The predicted octanol–water partition coefficient (Wildman–Crippen LogP) is 0.681. The van der Waals surface area contributed by atoms with Gasteiger partial charge in [-0.1, -0.05) is 6.07 Å². The Kier molecular flexibility index (Phi) is 4.80. The second-order valence-electron chi connectivity index (χ2n) is 3.87. The van der Waals surface area contributed by atoms with Gasteiger partial charge in [-0.15, -0.1) is 0 Å². The number of benzene rings is 1. The van der Waals surface area contributed by atoms with Crippen molar-refractivity contribution in [1.82, 2.24) is 4.72 Å². The van der Waals surface area contributed by atoms with Crippen LogP contribution in [0.4, 0.5) is 4.39 Å². The molecular formula is C11H14FNO4S. The number of sulfonamides is 1. The minimum atomic E-state index is -3.80. The highest BCUT2D eigenvalue weighted by molar-refractivity contribution is 7.90. The first-order chi connectivity index (χ1) is 8.30. The van der Waals surface area contributed by atoms with Gasteiger partial charge < -0.3 is 5.11 Å². The van der Waals surface area contributed by atoms with Crippen molar-refractivity contribution in [2.75, 3.05) is 12.3 Å². The topological polar surface area (TPSA) is 83.5 Å². The second-order valence-corrected chi connectivity index (χ2v) is 5.67. The van der Waals surface area contributed by atoms with Gasteiger partial charge in [0.05, 0.1) is 0 Å². The van der Waals surface area contributed by atoms with Crippen molar-refractivity contribution in [1.29, 1.82) is 0 Å². The average Bonchev–Trinajstić information content (AvgIpc) is 2.19. The third-order valence-corrected chi connectivity index (χ3v) is 3.61. The zero-order chi connectivity index (χ0) is 13.8. The number of aliphatic carboxylic acids is 1. The van der Waals surface area contributed by atoms with Crippen LogP contribution < -0.4 is 4.72 Å². The summed E-state index contributed by atoms with van der Waals surface area (Å²) in [6.07, 6.45) is 0.380. The molecule has 1 aromatic rings. The van der Waals surface area contributed by atoms with Crippen LogP contribution in [0.3, 0.4) is 0 Å². The molecule has 0 saturated heterocycles. The highest BCUT2D eigenvalue weighted by Crippen LogP contribution is 2.10. The average molecular weight is 275 g/mol. The molecule has 0 amide bonds. The summed E-state index contributed by atoms with van der Waals surface area (Å²) in [6, 6.07) is 4.24. The van der Waals surface area contributed by atoms with Gasteiger partial charge in [0.2, 0.25) is 10.0 Å². The van der Waals surface area contributed by atoms with Crippen LogP contribution in [-0.2, 0) is 21.2 Å². The molecule has 0 heterocycles. The molecule has 0 unspecified atom stereocenters. The second kappa shape index (κ2) is 5.92. The molecule has 5 nitrogen and oxygen atoms in total. The first-order valence-corrected chi connectivity index (χ1v) is 6.89. The number of carbonyl (C=O) groups is 1. The molecule has 0 saturated carbocycles. The maximum atomic E-state index is 12.8. The van der Waals surface area contributed by atoms with Crippen molar-refractivity contribution in [2.45, 2.75) is 13.3 Å². The molecule has 0 bridgehead atoms. The normalized spacial score (nSPS) is 11.4. The zero-order valence-electron chi connectivity index (χ0n) is 9.81. The van der Waals surface area contributed by atoms with E-state index in [1.54, 1.807) is 13.0 Å². The van der Waals surface area contributed by atoms with Gasteiger partial charge in [-0.3, -0.25) is 4.79 Å². The van der Waals surface area contributed by atoms with E-state index in [-0.39, 0.29) is 12.4 Å². The zero-order valence-corrected chi connectivity index (χ0v) is 10.6. The first kappa shape index (κ1) is 14.6. The van der Waals surface area contributed by atoms with Gasteiger partial charge in [-0.2, -0.15) is 0 Å². The monoisotopic (exact) mass is 275 g/mol. The lowest BCUT2D eigenvalue weighted by atomic mass is 10.1. The van der Waals surface area contributed by atoms with Gasteiger partial charge in [0.15, 0.2) is 5.75 Å². The van der Waals surface area contributed by atoms with Crippen molar-refractivity contribution in [3.63, 3.8) is 0 Å². The van der Waals surface area contributed by atoms with Gasteiger partial charge in [0.1, 0.15) is 5.82 Å². The third kappa shape index (κ3) is 4.80. The Hall–Kier alpha value is -1.47. The number of aryl methyl sites for hydroxylation is 1. The van der Waals surface area contributed by atoms with Crippen molar-refractivity contribution in [3.05, 3.63) is 35.1 Å². The summed E-state index contributed by atoms with van der Waals surface area (Å²) < 4.78 is 37.4. The fourth-order valence-corrected chi connectivity index (χ4v) is 2.33. The van der Waals surface area contributed by atoms with E-state index in [0.717, 1.165) is 11.1 Å². The Balaban J connectivity index is 2.54. The minimum Gasteiger partial charge on any atom is -0.480 e. The fraction of sp³-hybridized carbons (Fsp3) is 0.364. The Morgan fingerprint density at radius 3 is 2.67 bits per heavy atom. The lowest BCUT2D eigenvalue weighted by molar-refractivity contribution is -0.134. The maximum absolute atomic E-state index is 12.8. The molecule has 0 fully saturated rings. The van der Waals surface area contributed by atoms with E-state index in [9.17, 15) is 17.6 Å². The molecule has 0 aliphatic carbocycles. The number of nitrogens with one attached hydrogen (secondary N) is 1. The van der Waals surface area contributed by atoms with Gasteiger partial charge in [-0.25, -0.2) is 17.5 Å². The largest absolute Gasteiger partial charge is 0.480 e. The summed E-state index contributed by atoms with van der Waals surface area (Å²) in [5.41, 5.74) is 1.54. The van der Waals surface area contributed by atoms with E-state index in [1.165, 1.54) is 12.1 Å². The van der Waals surface area contributed by atoms with Crippen LogP contribution in [0, 0.1) is 12.7 Å². The summed E-state index contributed by atoms with van der Waals surface area (Å²) in [5.74, 6) is -2.70. The Morgan fingerprint density at radius 2 is 2.11 bits per heavy atom. The number of hydrogen-bond donors (Lipinski definition) is 2. The standard InChI is InChI=1S/C11H14FNO4S/c1-8-6-10(12)3-2-9(8)4-5-13-18(16,17)7-11(14)15/h2-3,6,13H,4-5,7H2,1H3,(H,14,15). The Labute approximate surface area is 105 Å². The molecule has 0 aliphatic heterocycles. The first-order valence-electron chi connectivity index (χ1n) is 5.24. The molecule has 18 heavy (non-hydrogen) atoms. The molecule has 1 rings (SSSR count). The number of carboxylic acid groups (broad SMARTS) is 1. The Morgan fingerprint density at radius 1 is 1.44 bits per heavy atom. The van der Waals surface area contributed by atoms with E-state index >= 15 is 0 Å². The molecule has 0 radical (unpaired) electrons. The van der Waals surface area contributed by atoms with Crippen LogP contribution in [0.25, 0.3) is 0 Å². The predicted molar refractivity (Wildman–Crippen MR) is 64.3 cm³/mol. The van der Waals surface area contributed by atoms with Crippen LogP contribution in [0.15, 0.2) is 18.2 Å². The van der Waals surface area contributed by atoms with Gasteiger partial charge in [0, 0.05) is 6.54 Å². The lowest BCUT2D eigenvalue weighted by Crippen LogP contribution is -2.31. The molecule has 0 aliphatic rings. The fourth-order valence-electron chi connectivity index (χ4n) is 1.49. The summed E-state index contributed by atoms with van der Waals surface area (Å²) in [4.78, 5) is 10.3. The van der Waals surface area contributed by atoms with Crippen LogP contribution >= 0.6 is 0 Å². The molecular weight excluding hydrogens is 261 g/mol. The summed E-state index contributed by atoms with van der Waals surface area (Å²) in [7, 11) is -3.80. The van der Waals surface area contributed by atoms with Crippen molar-refractivity contribution < 1.29 is 22.7 Å². The van der Waals surface area contributed by atoms with Crippen LogP contribution in [-0.4, -0.2) is 31.8 Å². The van der Waals surface area contributed by atoms with Crippen molar-refractivity contribution >= 4 is 16.0 Å². The number of halogens is 1. The summed E-state index contributed by atoms with van der Waals surface area (Å²) in [5, 5.41) is 8.38. The van der Waals surface area contributed by atoms with Crippen molar-refractivity contribution in [3.8, 4) is 0 Å². The van der Waals surface area contributed by atoms with E-state index in [0.29, 0.717) is 6.42 Å². The van der Waals surface area contributed by atoms with Gasteiger partial charge in [-0.05, 0) is 36.6 Å². The lowest BCUT2D eigenvalue weighted by Gasteiger charge is -2.07. The number of carboxylic acids is 1. The maximum Gasteiger partial charge on any atom is 0.320 e. The van der Waals surface area contributed by atoms with E-state index in [4.69, 9.17) is 5.11 Å². The molecule has 7 heteroatoms. The number of rotatable bonds is 6. The highest BCUT2D eigenvalue weighted by Gasteiger charge is 2.14. The molecule has 0 aromatic heterocycles. The van der Waals surface area contributed by atoms with E-state index in [2.05, 4.69) is 4.72 Å². The van der Waals surface area contributed by atoms with E-state index < -0.39 is 21.7 Å². The summed E-state index contributed by atoms with van der Waals surface area (Å²) >= 11 is 0. The SMILES string of the molecule is Cc1cc(F)ccc1CCNS(=O)(=O)CC(=O)O. The van der Waals surface area contributed by atoms with Gasteiger partial charge >= 0.3 is 5.97 Å². The van der Waals surface area contributed by atoms with Crippen LogP contribution in [0.2, 0.25) is 0 Å². The smallest absolute Gasteiger partial charge is 0.320 e. The molecule has 2 N–H and O–H groups in total. The highest BCUT2D eigenvalue weighted by atomic mass is 32.2. The van der Waals surface area contributed by atoms with Crippen LogP contribution in [0.5, 0.6) is 0 Å². The molecule has 100 valence electrons. The minimum absolute atomic E-state index is 0.0854. The molecule has 0 spiro atoms. The van der Waals surface area contributed by atoms with Gasteiger partial charge in [0.25, 0.3) is 0 Å². The molecule has 1 aromatic carbocycles. The van der Waals surface area contributed by atoms with Crippen molar-refractivity contribution in [2.24, 2.45) is 0 Å². The number of hydrogen-bond acceptors (Lipinski definition) is 3.